The van der Waals surface area contributed by atoms with Crippen molar-refractivity contribution in [3.63, 3.8) is 0 Å². The number of aliphatic hydroxyl groups excluding tert-OH is 3. The summed E-state index contributed by atoms with van der Waals surface area (Å²) in [6.07, 6.45) is -3.81. The molecule has 34 heavy (non-hydrogen) atoms. The lowest BCUT2D eigenvalue weighted by Gasteiger charge is -2.39. The molecule has 1 heterocycles. The van der Waals surface area contributed by atoms with Crippen LogP contribution in [-0.2, 0) is 28.6 Å². The molecule has 1 unspecified atom stereocenters. The van der Waals surface area contributed by atoms with Crippen molar-refractivity contribution in [3.8, 4) is 0 Å². The summed E-state index contributed by atoms with van der Waals surface area (Å²) < 4.78 is 16.2. The highest BCUT2D eigenvalue weighted by atomic mass is 16.7. The standard InChI is InChI=1S/C23H40N2O9/c1-11(2)13(5)7-8-18(29)33-23(12(3)4)34-22(31)17-9-15(24)19(25-14(6)27)21(32-17)20(30)16(28)10-26/h9,11-13,15-16,19-21,23,26,28,30H,7-8,10,24H2,1-6H3,(H,25,27)/t13-,15-,16+,19+,20-,21+,23?/m0/s1. The van der Waals surface area contributed by atoms with E-state index in [1.807, 2.05) is 6.92 Å². The number of nitrogens with one attached hydrogen (secondary N) is 1. The first kappa shape index (κ1) is 29.8. The maximum atomic E-state index is 12.8. The molecule has 11 nitrogen and oxygen atoms in total. The van der Waals surface area contributed by atoms with E-state index in [4.69, 9.17) is 19.9 Å². The summed E-state index contributed by atoms with van der Waals surface area (Å²) in [4.78, 5) is 36.6. The first-order valence-electron chi connectivity index (χ1n) is 11.6. The maximum Gasteiger partial charge on any atom is 0.376 e. The number of hydrogen-bond acceptors (Lipinski definition) is 10. The van der Waals surface area contributed by atoms with Gasteiger partial charge in [0.15, 0.2) is 0 Å². The van der Waals surface area contributed by atoms with Crippen LogP contribution >= 0.6 is 0 Å². The van der Waals surface area contributed by atoms with Crippen LogP contribution < -0.4 is 11.1 Å². The Labute approximate surface area is 200 Å². The molecular formula is C23H40N2O9. The Kier molecular flexibility index (Phi) is 11.9. The van der Waals surface area contributed by atoms with Crippen molar-refractivity contribution in [2.24, 2.45) is 23.5 Å². The van der Waals surface area contributed by atoms with Gasteiger partial charge in [-0.15, -0.1) is 0 Å². The molecule has 1 amide bonds. The number of rotatable bonds is 12. The highest BCUT2D eigenvalue weighted by molar-refractivity contribution is 5.87. The topological polar surface area (TPSA) is 178 Å². The van der Waals surface area contributed by atoms with Gasteiger partial charge >= 0.3 is 11.9 Å². The molecule has 0 aromatic rings. The van der Waals surface area contributed by atoms with Gasteiger partial charge < -0.3 is 40.6 Å². The van der Waals surface area contributed by atoms with Crippen molar-refractivity contribution >= 4 is 17.8 Å². The van der Waals surface area contributed by atoms with Crippen molar-refractivity contribution in [2.75, 3.05) is 6.61 Å². The van der Waals surface area contributed by atoms with Crippen LogP contribution in [0.25, 0.3) is 0 Å². The zero-order valence-electron chi connectivity index (χ0n) is 20.8. The SMILES string of the molecule is CC(=O)N[C@H]1[C@H]([C@@H](O)[C@H](O)CO)OC(C(=O)OC(OC(=O)CC[C@H](C)C(C)C)C(C)C)=C[C@@H]1N. The van der Waals surface area contributed by atoms with E-state index < -0.39 is 61.1 Å². The lowest BCUT2D eigenvalue weighted by molar-refractivity contribution is -0.197. The number of carbonyl (C=O) groups is 3. The second-order valence-electron chi connectivity index (χ2n) is 9.43. The van der Waals surface area contributed by atoms with Gasteiger partial charge in [-0.25, -0.2) is 4.79 Å². The molecule has 1 aliphatic heterocycles. The molecule has 0 saturated carbocycles. The molecule has 0 aliphatic carbocycles. The van der Waals surface area contributed by atoms with Gasteiger partial charge in [-0.05, 0) is 24.3 Å². The van der Waals surface area contributed by atoms with Gasteiger partial charge in [0.1, 0.15) is 18.3 Å². The second kappa shape index (κ2) is 13.6. The average Bonchev–Trinajstić information content (AvgIpc) is 2.76. The van der Waals surface area contributed by atoms with Crippen molar-refractivity contribution in [1.82, 2.24) is 5.32 Å². The summed E-state index contributed by atoms with van der Waals surface area (Å²) in [5.41, 5.74) is 6.07. The van der Waals surface area contributed by atoms with E-state index in [-0.39, 0.29) is 18.1 Å². The van der Waals surface area contributed by atoms with E-state index >= 15 is 0 Å². The molecule has 0 saturated heterocycles. The van der Waals surface area contributed by atoms with Crippen LogP contribution in [0.15, 0.2) is 11.8 Å². The number of esters is 2. The Morgan fingerprint density at radius 2 is 1.74 bits per heavy atom. The third kappa shape index (κ3) is 8.86. The Morgan fingerprint density at radius 1 is 1.12 bits per heavy atom. The van der Waals surface area contributed by atoms with E-state index in [1.54, 1.807) is 13.8 Å². The van der Waals surface area contributed by atoms with Crippen LogP contribution in [0.3, 0.4) is 0 Å². The van der Waals surface area contributed by atoms with Crippen molar-refractivity contribution in [2.45, 2.75) is 91.1 Å². The van der Waals surface area contributed by atoms with Crippen LogP contribution in [0.4, 0.5) is 0 Å². The predicted molar refractivity (Wildman–Crippen MR) is 122 cm³/mol. The largest absolute Gasteiger partial charge is 0.478 e. The van der Waals surface area contributed by atoms with E-state index in [9.17, 15) is 29.7 Å². The quantitative estimate of drug-likeness (QED) is 0.185. The van der Waals surface area contributed by atoms with E-state index in [1.165, 1.54) is 13.0 Å². The van der Waals surface area contributed by atoms with Crippen LogP contribution in [0.1, 0.15) is 54.4 Å². The van der Waals surface area contributed by atoms with Gasteiger partial charge in [0.25, 0.3) is 0 Å². The minimum absolute atomic E-state index is 0.176. The Bertz CT molecular complexity index is 725. The van der Waals surface area contributed by atoms with E-state index in [0.717, 1.165) is 0 Å². The minimum Gasteiger partial charge on any atom is -0.478 e. The van der Waals surface area contributed by atoms with E-state index in [0.29, 0.717) is 18.3 Å². The number of amides is 1. The number of aliphatic hydroxyl groups is 3. The maximum absolute atomic E-state index is 12.8. The molecule has 196 valence electrons. The number of ether oxygens (including phenoxy) is 3. The summed E-state index contributed by atoms with van der Waals surface area (Å²) in [6.45, 7) is 10.0. The summed E-state index contributed by atoms with van der Waals surface area (Å²) in [7, 11) is 0. The fourth-order valence-electron chi connectivity index (χ4n) is 3.22. The van der Waals surface area contributed by atoms with Crippen molar-refractivity contribution < 1.29 is 43.9 Å². The Balaban J connectivity index is 2.95. The monoisotopic (exact) mass is 488 g/mol. The lowest BCUT2D eigenvalue weighted by atomic mass is 9.92. The zero-order chi connectivity index (χ0) is 26.2. The molecule has 7 atom stereocenters. The molecule has 0 aromatic heterocycles. The van der Waals surface area contributed by atoms with Gasteiger partial charge in [0, 0.05) is 19.3 Å². The Morgan fingerprint density at radius 3 is 2.24 bits per heavy atom. The smallest absolute Gasteiger partial charge is 0.376 e. The molecule has 11 heteroatoms. The molecule has 1 aliphatic rings. The van der Waals surface area contributed by atoms with E-state index in [2.05, 4.69) is 19.2 Å². The van der Waals surface area contributed by atoms with Gasteiger partial charge in [0.05, 0.1) is 18.7 Å². The molecular weight excluding hydrogens is 448 g/mol. The zero-order valence-corrected chi connectivity index (χ0v) is 20.8. The van der Waals surface area contributed by atoms with Crippen molar-refractivity contribution in [3.05, 3.63) is 11.8 Å². The molecule has 0 aromatic carbocycles. The fourth-order valence-corrected chi connectivity index (χ4v) is 3.22. The summed E-state index contributed by atoms with van der Waals surface area (Å²) in [5, 5.41) is 31.9. The number of nitrogens with two attached hydrogens (primary N) is 1. The summed E-state index contributed by atoms with van der Waals surface area (Å²) in [6, 6.07) is -1.98. The number of carbonyl (C=O) groups excluding carboxylic acids is 3. The van der Waals surface area contributed by atoms with Gasteiger partial charge in [0.2, 0.25) is 18.0 Å². The number of hydrogen-bond donors (Lipinski definition) is 5. The molecule has 1 rings (SSSR count). The predicted octanol–water partition coefficient (Wildman–Crippen LogP) is -0.0440. The summed E-state index contributed by atoms with van der Waals surface area (Å²) in [5.74, 6) is -1.97. The summed E-state index contributed by atoms with van der Waals surface area (Å²) >= 11 is 0. The highest BCUT2D eigenvalue weighted by Gasteiger charge is 2.43. The lowest BCUT2D eigenvalue weighted by Crippen LogP contribution is -2.62. The van der Waals surface area contributed by atoms with Crippen LogP contribution in [-0.4, -0.2) is 76.5 Å². The first-order chi connectivity index (χ1) is 15.8. The molecule has 0 bridgehead atoms. The normalized spacial score (nSPS) is 23.9. The van der Waals surface area contributed by atoms with Gasteiger partial charge in [-0.2, -0.15) is 0 Å². The van der Waals surface area contributed by atoms with Crippen molar-refractivity contribution in [1.29, 1.82) is 0 Å². The molecule has 6 N–H and O–H groups in total. The fraction of sp³-hybridized carbons (Fsp3) is 0.783. The third-order valence-corrected chi connectivity index (χ3v) is 5.82. The third-order valence-electron chi connectivity index (χ3n) is 5.82. The highest BCUT2D eigenvalue weighted by Crippen LogP contribution is 2.24. The van der Waals surface area contributed by atoms with Crippen LogP contribution in [0.5, 0.6) is 0 Å². The van der Waals surface area contributed by atoms with Gasteiger partial charge in [-0.1, -0.05) is 34.6 Å². The minimum atomic E-state index is -1.67. The van der Waals surface area contributed by atoms with Crippen LogP contribution in [0, 0.1) is 17.8 Å². The first-order valence-corrected chi connectivity index (χ1v) is 11.6. The Hall–Kier alpha value is -2.21. The molecule has 0 spiro atoms. The van der Waals surface area contributed by atoms with Gasteiger partial charge in [-0.3, -0.25) is 9.59 Å². The molecule has 0 radical (unpaired) electrons. The molecule has 0 fully saturated rings. The van der Waals surface area contributed by atoms with Crippen LogP contribution in [0.2, 0.25) is 0 Å². The average molecular weight is 489 g/mol. The second-order valence-corrected chi connectivity index (χ2v) is 9.43.